The summed E-state index contributed by atoms with van der Waals surface area (Å²) < 4.78 is 4.69. The van der Waals surface area contributed by atoms with E-state index in [0.29, 0.717) is 39.3 Å². The minimum absolute atomic E-state index is 0.127. The number of rotatable bonds is 6. The Balaban J connectivity index is 1.56. The zero-order valence-corrected chi connectivity index (χ0v) is 14.5. The van der Waals surface area contributed by atoms with Crippen LogP contribution < -0.4 is 10.6 Å². The molecule has 0 unspecified atom stereocenters. The number of amides is 5. The molecule has 2 heterocycles. The summed E-state index contributed by atoms with van der Waals surface area (Å²) in [6.45, 7) is 4.58. The van der Waals surface area contributed by atoms with Crippen LogP contribution >= 0.6 is 0 Å². The maximum atomic E-state index is 11.9. The zero-order valence-electron chi connectivity index (χ0n) is 14.5. The molecule has 5 amide bonds. The van der Waals surface area contributed by atoms with E-state index in [-0.39, 0.29) is 30.7 Å². The number of imide groups is 1. The van der Waals surface area contributed by atoms with Crippen LogP contribution in [0, 0.1) is 0 Å². The molecule has 0 aromatic carbocycles. The van der Waals surface area contributed by atoms with Crippen molar-refractivity contribution in [2.75, 3.05) is 59.5 Å². The molecule has 2 fully saturated rings. The second-order valence-electron chi connectivity index (χ2n) is 5.99. The molecule has 0 spiro atoms. The highest BCUT2D eigenvalue weighted by Gasteiger charge is 2.23. The lowest BCUT2D eigenvalue weighted by molar-refractivity contribution is -0.121. The molecule has 25 heavy (non-hydrogen) atoms. The van der Waals surface area contributed by atoms with Gasteiger partial charge in [-0.05, 0) is 0 Å². The van der Waals surface area contributed by atoms with Gasteiger partial charge in [0, 0.05) is 65.2 Å². The number of nitrogens with zero attached hydrogens (tertiary/aromatic N) is 3. The Morgan fingerprint density at radius 1 is 1.12 bits per heavy atom. The minimum Gasteiger partial charge on any atom is -0.453 e. The van der Waals surface area contributed by atoms with Crippen LogP contribution in [0.25, 0.3) is 0 Å². The van der Waals surface area contributed by atoms with Crippen LogP contribution in [0.15, 0.2) is 0 Å². The summed E-state index contributed by atoms with van der Waals surface area (Å²) >= 11 is 0. The number of piperazine rings is 1. The fourth-order valence-corrected chi connectivity index (χ4v) is 2.77. The van der Waals surface area contributed by atoms with E-state index in [4.69, 9.17) is 0 Å². The normalized spacial score (nSPS) is 18.8. The first-order valence-electron chi connectivity index (χ1n) is 8.40. The number of carbonyl (C=O) groups excluding carboxylic acids is 4. The fraction of sp³-hybridized carbons (Fsp3) is 0.733. The van der Waals surface area contributed by atoms with Gasteiger partial charge in [0.05, 0.1) is 7.11 Å². The number of hydrogen-bond donors (Lipinski definition) is 2. The van der Waals surface area contributed by atoms with Crippen molar-refractivity contribution < 1.29 is 23.9 Å². The summed E-state index contributed by atoms with van der Waals surface area (Å²) in [5, 5.41) is 5.05. The van der Waals surface area contributed by atoms with Gasteiger partial charge in [0.2, 0.25) is 11.8 Å². The van der Waals surface area contributed by atoms with Gasteiger partial charge in [-0.2, -0.15) is 0 Å². The molecular formula is C15H25N5O5. The lowest BCUT2D eigenvalue weighted by atomic mass is 10.3. The Labute approximate surface area is 146 Å². The Hall–Kier alpha value is -2.36. The van der Waals surface area contributed by atoms with Gasteiger partial charge in [-0.25, -0.2) is 9.59 Å². The summed E-state index contributed by atoms with van der Waals surface area (Å²) in [6.07, 6.45) is 0.166. The molecule has 2 saturated heterocycles. The lowest BCUT2D eigenvalue weighted by Gasteiger charge is -2.33. The maximum Gasteiger partial charge on any atom is 0.409 e. The average Bonchev–Trinajstić information content (AvgIpc) is 2.61. The number of urea groups is 1. The fourth-order valence-electron chi connectivity index (χ4n) is 2.77. The van der Waals surface area contributed by atoms with Crippen molar-refractivity contribution in [3.05, 3.63) is 0 Å². The third-order valence-electron chi connectivity index (χ3n) is 4.31. The van der Waals surface area contributed by atoms with Crippen LogP contribution in [0.1, 0.15) is 12.8 Å². The second-order valence-corrected chi connectivity index (χ2v) is 5.99. The number of methoxy groups -OCH3 is 1. The quantitative estimate of drug-likeness (QED) is 0.620. The third kappa shape index (κ3) is 5.89. The smallest absolute Gasteiger partial charge is 0.409 e. The van der Waals surface area contributed by atoms with Crippen molar-refractivity contribution >= 4 is 23.9 Å². The zero-order chi connectivity index (χ0) is 18.2. The summed E-state index contributed by atoms with van der Waals surface area (Å²) in [5.74, 6) is -0.407. The van der Waals surface area contributed by atoms with E-state index >= 15 is 0 Å². The molecule has 0 aliphatic carbocycles. The molecule has 10 heteroatoms. The van der Waals surface area contributed by atoms with Gasteiger partial charge in [0.25, 0.3) is 0 Å². The monoisotopic (exact) mass is 355 g/mol. The van der Waals surface area contributed by atoms with E-state index in [1.54, 1.807) is 4.90 Å². The largest absolute Gasteiger partial charge is 0.453 e. The van der Waals surface area contributed by atoms with E-state index in [2.05, 4.69) is 20.3 Å². The molecule has 0 saturated carbocycles. The summed E-state index contributed by atoms with van der Waals surface area (Å²) in [7, 11) is 1.37. The molecule has 0 bridgehead atoms. The van der Waals surface area contributed by atoms with E-state index in [1.807, 2.05) is 0 Å². The predicted molar refractivity (Wildman–Crippen MR) is 87.8 cm³/mol. The molecule has 0 atom stereocenters. The van der Waals surface area contributed by atoms with Gasteiger partial charge in [-0.15, -0.1) is 0 Å². The van der Waals surface area contributed by atoms with Crippen LogP contribution in [0.4, 0.5) is 9.59 Å². The highest BCUT2D eigenvalue weighted by Crippen LogP contribution is 2.03. The van der Waals surface area contributed by atoms with Crippen molar-refractivity contribution in [3.8, 4) is 0 Å². The third-order valence-corrected chi connectivity index (χ3v) is 4.31. The van der Waals surface area contributed by atoms with E-state index < -0.39 is 6.03 Å². The molecule has 10 nitrogen and oxygen atoms in total. The Morgan fingerprint density at radius 3 is 2.48 bits per heavy atom. The number of ether oxygens (including phenoxy) is 1. The van der Waals surface area contributed by atoms with Gasteiger partial charge in [-0.3, -0.25) is 19.8 Å². The molecule has 140 valence electrons. The van der Waals surface area contributed by atoms with Crippen LogP contribution in [0.3, 0.4) is 0 Å². The van der Waals surface area contributed by atoms with E-state index in [9.17, 15) is 19.2 Å². The molecule has 0 aromatic heterocycles. The molecule has 2 aliphatic heterocycles. The first-order chi connectivity index (χ1) is 12.0. The van der Waals surface area contributed by atoms with Crippen LogP contribution in [-0.4, -0.2) is 98.1 Å². The van der Waals surface area contributed by atoms with Crippen molar-refractivity contribution in [1.82, 2.24) is 25.3 Å². The first-order valence-corrected chi connectivity index (χ1v) is 8.40. The van der Waals surface area contributed by atoms with Crippen molar-refractivity contribution in [1.29, 1.82) is 0 Å². The lowest BCUT2D eigenvalue weighted by Crippen LogP contribution is -2.51. The minimum atomic E-state index is -0.437. The number of carbonyl (C=O) groups is 4. The predicted octanol–water partition coefficient (Wildman–Crippen LogP) is -1.18. The van der Waals surface area contributed by atoms with E-state index in [0.717, 1.165) is 13.1 Å². The van der Waals surface area contributed by atoms with Crippen molar-refractivity contribution in [3.63, 3.8) is 0 Å². The summed E-state index contributed by atoms with van der Waals surface area (Å²) in [6, 6.07) is -0.437. The van der Waals surface area contributed by atoms with Gasteiger partial charge in [0.15, 0.2) is 0 Å². The molecule has 0 radical (unpaired) electrons. The molecule has 2 aliphatic rings. The summed E-state index contributed by atoms with van der Waals surface area (Å²) in [5.41, 5.74) is 0. The topological polar surface area (TPSA) is 111 Å². The SMILES string of the molecule is COC(=O)N1CCN(CCNC(=O)CCN2CCC(=O)NC2=O)CC1. The van der Waals surface area contributed by atoms with E-state index in [1.165, 1.54) is 12.0 Å². The standard InChI is InChI=1S/C15H25N5O5/c1-25-15(24)20-10-8-18(9-11-20)7-4-16-12(21)2-5-19-6-3-13(22)17-14(19)23/h2-11H2,1H3,(H,16,21)(H,17,22,23). The van der Waals surface area contributed by atoms with Gasteiger partial charge in [-0.1, -0.05) is 0 Å². The number of hydrogen-bond acceptors (Lipinski definition) is 6. The summed E-state index contributed by atoms with van der Waals surface area (Å²) in [4.78, 5) is 51.1. The van der Waals surface area contributed by atoms with Crippen molar-refractivity contribution in [2.24, 2.45) is 0 Å². The van der Waals surface area contributed by atoms with Crippen molar-refractivity contribution in [2.45, 2.75) is 12.8 Å². The van der Waals surface area contributed by atoms with Crippen LogP contribution in [-0.2, 0) is 14.3 Å². The molecule has 0 aromatic rings. The average molecular weight is 355 g/mol. The Bertz CT molecular complexity index is 518. The van der Waals surface area contributed by atoms with Crippen LogP contribution in [0.2, 0.25) is 0 Å². The molecular weight excluding hydrogens is 330 g/mol. The molecule has 2 N–H and O–H groups in total. The highest BCUT2D eigenvalue weighted by molar-refractivity contribution is 5.96. The maximum absolute atomic E-state index is 11.9. The van der Waals surface area contributed by atoms with Gasteiger partial charge in [0.1, 0.15) is 0 Å². The van der Waals surface area contributed by atoms with Gasteiger partial charge >= 0.3 is 12.1 Å². The Kier molecular flexibility index (Phi) is 6.99. The Morgan fingerprint density at radius 2 is 1.84 bits per heavy atom. The van der Waals surface area contributed by atoms with Crippen LogP contribution in [0.5, 0.6) is 0 Å². The highest BCUT2D eigenvalue weighted by atomic mass is 16.5. The second kappa shape index (κ2) is 9.21. The number of nitrogens with one attached hydrogen (secondary N) is 2. The first kappa shape index (κ1) is 19.0. The van der Waals surface area contributed by atoms with Gasteiger partial charge < -0.3 is 19.9 Å². The molecule has 2 rings (SSSR count).